The minimum absolute atomic E-state index is 0.962. The predicted octanol–water partition coefficient (Wildman–Crippen LogP) is 0.918. The van der Waals surface area contributed by atoms with E-state index in [9.17, 15) is 0 Å². The van der Waals surface area contributed by atoms with Crippen LogP contribution in [0.1, 0.15) is 12.8 Å². The monoisotopic (exact) mass is 141 g/mol. The Morgan fingerprint density at radius 3 is 2.56 bits per heavy atom. The fourth-order valence-corrected chi connectivity index (χ4v) is 1.19. The first-order valence-corrected chi connectivity index (χ1v) is 3.92. The van der Waals surface area contributed by atoms with Gasteiger partial charge in [0, 0.05) is 0 Å². The normalized spacial score (nSPS) is 19.2. The molecule has 0 aromatic heterocycles. The van der Waals surface area contributed by atoms with Crippen molar-refractivity contribution in [1.82, 2.24) is 4.90 Å². The lowest BCUT2D eigenvalue weighted by Gasteiger charge is -2.07. The van der Waals surface area contributed by atoms with E-state index in [-0.39, 0.29) is 0 Å². The summed E-state index contributed by atoms with van der Waals surface area (Å²) in [5.41, 5.74) is 2.82. The Labute approximate surface area is 59.0 Å². The maximum absolute atomic E-state index is 3.03. The molecule has 0 aromatic rings. The van der Waals surface area contributed by atoms with Gasteiger partial charge in [-0.3, -0.25) is 4.90 Å². The minimum atomic E-state index is 0.962. The molecule has 1 aliphatic rings. The molecule has 0 amide bonds. The van der Waals surface area contributed by atoms with Gasteiger partial charge < -0.3 is 0 Å². The van der Waals surface area contributed by atoms with E-state index in [1.54, 1.807) is 0 Å². The molecule has 0 spiro atoms. The van der Waals surface area contributed by atoms with Gasteiger partial charge in [-0.25, -0.2) is 0 Å². The molecule has 0 aromatic carbocycles. The van der Waals surface area contributed by atoms with Gasteiger partial charge in [-0.15, -0.1) is 0 Å². The number of nitrogens with zero attached hydrogens (tertiary/aromatic N) is 1. The van der Waals surface area contributed by atoms with Gasteiger partial charge in [0.05, 0.1) is 6.54 Å². The van der Waals surface area contributed by atoms with Crippen molar-refractivity contribution in [3.05, 3.63) is 0 Å². The van der Waals surface area contributed by atoms with Crippen molar-refractivity contribution >= 4 is 9.24 Å². The smallest absolute Gasteiger partial charge is 0.0604 e. The van der Waals surface area contributed by atoms with Crippen LogP contribution in [0.25, 0.3) is 0 Å². The van der Waals surface area contributed by atoms with Crippen molar-refractivity contribution < 1.29 is 0 Å². The third-order valence-electron chi connectivity index (χ3n) is 1.60. The Morgan fingerprint density at radius 1 is 1.33 bits per heavy atom. The standard InChI is InChI=1S/C7H12NP/c9-7-3-6-8-4-1-2-5-8/h1-2,4-6,9H2. The number of likely N-dealkylation sites (tertiary alicyclic amines) is 1. The topological polar surface area (TPSA) is 3.24 Å². The Hall–Kier alpha value is -0.0500. The number of hydrogen-bond acceptors (Lipinski definition) is 1. The lowest BCUT2D eigenvalue weighted by molar-refractivity contribution is 0.383. The van der Waals surface area contributed by atoms with Gasteiger partial charge in [0.1, 0.15) is 0 Å². The second kappa shape index (κ2) is 3.88. The molecular weight excluding hydrogens is 129 g/mol. The molecule has 1 fully saturated rings. The molecule has 0 N–H and O–H groups in total. The first-order chi connectivity index (χ1) is 4.43. The highest BCUT2D eigenvalue weighted by atomic mass is 31.0. The van der Waals surface area contributed by atoms with Crippen LogP contribution in [-0.4, -0.2) is 24.5 Å². The fraction of sp³-hybridized carbons (Fsp3) is 0.714. The lowest BCUT2D eigenvalue weighted by atomic mass is 10.4. The van der Waals surface area contributed by atoms with Crippen molar-refractivity contribution in [3.8, 4) is 11.6 Å². The molecule has 50 valence electrons. The molecule has 1 unspecified atom stereocenters. The summed E-state index contributed by atoms with van der Waals surface area (Å²) in [6, 6.07) is 0. The highest BCUT2D eigenvalue weighted by Crippen LogP contribution is 2.05. The summed E-state index contributed by atoms with van der Waals surface area (Å²) in [4.78, 5) is 2.39. The zero-order valence-electron chi connectivity index (χ0n) is 5.56. The van der Waals surface area contributed by atoms with Crippen LogP contribution >= 0.6 is 9.24 Å². The van der Waals surface area contributed by atoms with E-state index >= 15 is 0 Å². The van der Waals surface area contributed by atoms with Crippen molar-refractivity contribution in [1.29, 1.82) is 0 Å². The molecule has 2 heteroatoms. The van der Waals surface area contributed by atoms with Crippen LogP contribution < -0.4 is 0 Å². The Balaban J connectivity index is 2.16. The van der Waals surface area contributed by atoms with Crippen LogP contribution in [0.4, 0.5) is 0 Å². The SMILES string of the molecule is PC#CCN1CCCC1. The molecule has 1 aliphatic heterocycles. The minimum Gasteiger partial charge on any atom is -0.292 e. The lowest BCUT2D eigenvalue weighted by Crippen LogP contribution is -2.18. The summed E-state index contributed by atoms with van der Waals surface area (Å²) < 4.78 is 0. The summed E-state index contributed by atoms with van der Waals surface area (Å²) in [7, 11) is 2.42. The van der Waals surface area contributed by atoms with Gasteiger partial charge in [-0.05, 0) is 25.9 Å². The highest BCUT2D eigenvalue weighted by molar-refractivity contribution is 7.23. The van der Waals surface area contributed by atoms with E-state index in [4.69, 9.17) is 0 Å². The van der Waals surface area contributed by atoms with Crippen LogP contribution in [0, 0.1) is 11.6 Å². The van der Waals surface area contributed by atoms with E-state index in [1.165, 1.54) is 25.9 Å². The predicted molar refractivity (Wildman–Crippen MR) is 43.2 cm³/mol. The molecule has 1 rings (SSSR count). The maximum Gasteiger partial charge on any atom is 0.0604 e. The molecule has 0 saturated carbocycles. The van der Waals surface area contributed by atoms with Crippen LogP contribution in [-0.2, 0) is 0 Å². The van der Waals surface area contributed by atoms with Gasteiger partial charge in [0.2, 0.25) is 0 Å². The van der Waals surface area contributed by atoms with Gasteiger partial charge in [-0.1, -0.05) is 20.8 Å². The average molecular weight is 141 g/mol. The molecule has 1 nitrogen and oxygen atoms in total. The molecule has 0 radical (unpaired) electrons. The highest BCUT2D eigenvalue weighted by Gasteiger charge is 2.08. The second-order valence-electron chi connectivity index (χ2n) is 2.30. The first-order valence-electron chi connectivity index (χ1n) is 3.34. The summed E-state index contributed by atoms with van der Waals surface area (Å²) in [6.07, 6.45) is 2.72. The summed E-state index contributed by atoms with van der Waals surface area (Å²) in [5, 5.41) is 0. The first kappa shape index (κ1) is 7.06. The van der Waals surface area contributed by atoms with Crippen molar-refractivity contribution in [2.24, 2.45) is 0 Å². The molecule has 1 saturated heterocycles. The van der Waals surface area contributed by atoms with Gasteiger partial charge >= 0.3 is 0 Å². The van der Waals surface area contributed by atoms with Gasteiger partial charge in [0.25, 0.3) is 0 Å². The maximum atomic E-state index is 3.03. The summed E-state index contributed by atoms with van der Waals surface area (Å²) in [5.74, 6) is 3.03. The molecule has 9 heavy (non-hydrogen) atoms. The van der Waals surface area contributed by atoms with Crippen molar-refractivity contribution in [2.45, 2.75) is 12.8 Å². The van der Waals surface area contributed by atoms with Crippen molar-refractivity contribution in [3.63, 3.8) is 0 Å². The van der Waals surface area contributed by atoms with Crippen LogP contribution in [0.15, 0.2) is 0 Å². The molecule has 0 bridgehead atoms. The third-order valence-corrected chi connectivity index (χ3v) is 1.81. The Bertz CT molecular complexity index is 128. The van der Waals surface area contributed by atoms with Gasteiger partial charge in [0.15, 0.2) is 0 Å². The Morgan fingerprint density at radius 2 is 2.00 bits per heavy atom. The zero-order chi connectivity index (χ0) is 6.53. The van der Waals surface area contributed by atoms with E-state index in [2.05, 4.69) is 25.7 Å². The third kappa shape index (κ3) is 2.35. The van der Waals surface area contributed by atoms with Crippen LogP contribution in [0.3, 0.4) is 0 Å². The largest absolute Gasteiger partial charge is 0.292 e. The van der Waals surface area contributed by atoms with Crippen molar-refractivity contribution in [2.75, 3.05) is 19.6 Å². The number of hydrogen-bond donors (Lipinski definition) is 0. The van der Waals surface area contributed by atoms with Crippen LogP contribution in [0.2, 0.25) is 0 Å². The van der Waals surface area contributed by atoms with E-state index in [0.29, 0.717) is 0 Å². The van der Waals surface area contributed by atoms with E-state index < -0.39 is 0 Å². The molecule has 0 aliphatic carbocycles. The average Bonchev–Trinajstić information content (AvgIpc) is 2.34. The summed E-state index contributed by atoms with van der Waals surface area (Å²) >= 11 is 0. The fourth-order valence-electron chi connectivity index (χ4n) is 1.10. The zero-order valence-corrected chi connectivity index (χ0v) is 6.71. The Kier molecular flexibility index (Phi) is 3.04. The molecule has 1 heterocycles. The van der Waals surface area contributed by atoms with E-state index in [0.717, 1.165) is 6.54 Å². The quantitative estimate of drug-likeness (QED) is 0.387. The van der Waals surface area contributed by atoms with E-state index in [1.807, 2.05) is 0 Å². The second-order valence-corrected chi connectivity index (χ2v) is 2.59. The van der Waals surface area contributed by atoms with Crippen LogP contribution in [0.5, 0.6) is 0 Å². The number of rotatable bonds is 1. The molecule has 1 atom stereocenters. The molecular formula is C7H12NP. The van der Waals surface area contributed by atoms with Gasteiger partial charge in [-0.2, -0.15) is 0 Å². The summed E-state index contributed by atoms with van der Waals surface area (Å²) in [6.45, 7) is 3.46.